The molecule has 2 heterocycles. The Morgan fingerprint density at radius 1 is 1.24 bits per heavy atom. The van der Waals surface area contributed by atoms with Crippen molar-refractivity contribution in [2.24, 2.45) is 16.3 Å². The first-order chi connectivity index (χ1) is 13.8. The Morgan fingerprint density at radius 3 is 2.76 bits per heavy atom. The number of rotatable bonds is 4. The largest absolute Gasteiger partial charge is 0.465 e. The van der Waals surface area contributed by atoms with Crippen LogP contribution in [0.1, 0.15) is 58.4 Å². The van der Waals surface area contributed by atoms with Gasteiger partial charge in [-0.05, 0) is 42.9 Å². The minimum Gasteiger partial charge on any atom is -0.465 e. The van der Waals surface area contributed by atoms with Gasteiger partial charge in [0.1, 0.15) is 5.92 Å². The topological polar surface area (TPSA) is 74.2 Å². The Balaban J connectivity index is 1.83. The van der Waals surface area contributed by atoms with E-state index in [1.807, 2.05) is 32.0 Å². The third-order valence-corrected chi connectivity index (χ3v) is 5.76. The summed E-state index contributed by atoms with van der Waals surface area (Å²) < 4.78 is 16.5. The van der Waals surface area contributed by atoms with Crippen molar-refractivity contribution in [1.29, 1.82) is 0 Å². The average Bonchev–Trinajstić information content (AvgIpc) is 3.11. The molecule has 6 nitrogen and oxygen atoms in total. The monoisotopic (exact) mass is 397 g/mol. The van der Waals surface area contributed by atoms with Gasteiger partial charge in [0.25, 0.3) is 0 Å². The van der Waals surface area contributed by atoms with Crippen molar-refractivity contribution < 1.29 is 23.8 Å². The number of aliphatic imine (C=N–C) groups is 1. The van der Waals surface area contributed by atoms with Crippen LogP contribution in [0, 0.1) is 11.3 Å². The zero-order valence-electron chi connectivity index (χ0n) is 17.4. The number of carbonyl (C=O) groups excluding carboxylic acids is 2. The van der Waals surface area contributed by atoms with Crippen LogP contribution in [0.3, 0.4) is 0 Å². The van der Waals surface area contributed by atoms with Crippen molar-refractivity contribution in [2.45, 2.75) is 52.9 Å². The molecule has 0 radical (unpaired) electrons. The fourth-order valence-electron chi connectivity index (χ4n) is 4.51. The Bertz CT molecular complexity index is 927. The van der Waals surface area contributed by atoms with Gasteiger partial charge >= 0.3 is 5.97 Å². The maximum absolute atomic E-state index is 13.2. The Kier molecular flexibility index (Phi) is 4.97. The number of hydrogen-bond acceptors (Lipinski definition) is 6. The van der Waals surface area contributed by atoms with Crippen molar-refractivity contribution in [3.8, 4) is 11.5 Å². The van der Waals surface area contributed by atoms with Crippen molar-refractivity contribution >= 4 is 17.5 Å². The molecule has 1 aromatic carbocycles. The molecule has 1 aliphatic carbocycles. The molecule has 1 aromatic rings. The number of ether oxygens (including phenoxy) is 3. The first kappa shape index (κ1) is 19.7. The quantitative estimate of drug-likeness (QED) is 0.713. The van der Waals surface area contributed by atoms with Crippen molar-refractivity contribution in [3.63, 3.8) is 0 Å². The van der Waals surface area contributed by atoms with E-state index in [4.69, 9.17) is 19.2 Å². The van der Waals surface area contributed by atoms with Crippen LogP contribution >= 0.6 is 0 Å². The molecule has 2 atom stereocenters. The van der Waals surface area contributed by atoms with Crippen LogP contribution < -0.4 is 9.47 Å². The zero-order chi connectivity index (χ0) is 20.8. The fraction of sp³-hybridized carbons (Fsp3) is 0.522. The lowest BCUT2D eigenvalue weighted by Gasteiger charge is -2.39. The predicted molar refractivity (Wildman–Crippen MR) is 108 cm³/mol. The van der Waals surface area contributed by atoms with Gasteiger partial charge in [-0.3, -0.25) is 14.6 Å². The number of hydrogen-bond donors (Lipinski definition) is 0. The van der Waals surface area contributed by atoms with Crippen LogP contribution in [0.5, 0.6) is 11.5 Å². The molecule has 1 unspecified atom stereocenters. The lowest BCUT2D eigenvalue weighted by atomic mass is 9.67. The van der Waals surface area contributed by atoms with Gasteiger partial charge in [-0.2, -0.15) is 0 Å². The zero-order valence-corrected chi connectivity index (χ0v) is 17.4. The Labute approximate surface area is 170 Å². The Morgan fingerprint density at radius 2 is 2.00 bits per heavy atom. The van der Waals surface area contributed by atoms with Gasteiger partial charge in [-0.1, -0.05) is 26.8 Å². The van der Waals surface area contributed by atoms with E-state index in [1.54, 1.807) is 0 Å². The summed E-state index contributed by atoms with van der Waals surface area (Å²) in [4.78, 5) is 30.9. The summed E-state index contributed by atoms with van der Waals surface area (Å²) in [6.07, 6.45) is 1.89. The van der Waals surface area contributed by atoms with E-state index in [2.05, 4.69) is 13.8 Å². The highest BCUT2D eigenvalue weighted by Gasteiger charge is 2.46. The molecule has 6 heteroatoms. The van der Waals surface area contributed by atoms with Crippen LogP contribution in [0.25, 0.3) is 0 Å². The minimum atomic E-state index is -0.620. The maximum atomic E-state index is 13.2. The summed E-state index contributed by atoms with van der Waals surface area (Å²) in [5.41, 5.74) is 2.84. The van der Waals surface area contributed by atoms with E-state index in [-0.39, 0.29) is 24.0 Å². The fourth-order valence-corrected chi connectivity index (χ4v) is 4.51. The van der Waals surface area contributed by atoms with Crippen LogP contribution in [0.4, 0.5) is 0 Å². The van der Waals surface area contributed by atoms with Gasteiger partial charge in [0, 0.05) is 29.3 Å². The van der Waals surface area contributed by atoms with Crippen LogP contribution in [0.2, 0.25) is 0 Å². The number of esters is 1. The van der Waals surface area contributed by atoms with Gasteiger partial charge < -0.3 is 14.2 Å². The molecule has 0 saturated carbocycles. The van der Waals surface area contributed by atoms with Crippen molar-refractivity contribution in [2.75, 3.05) is 13.4 Å². The second-order valence-electron chi connectivity index (χ2n) is 8.79. The average molecular weight is 397 g/mol. The van der Waals surface area contributed by atoms with Gasteiger partial charge in [0.05, 0.1) is 6.61 Å². The molecule has 29 heavy (non-hydrogen) atoms. The summed E-state index contributed by atoms with van der Waals surface area (Å²) >= 11 is 0. The second-order valence-corrected chi connectivity index (χ2v) is 8.79. The van der Waals surface area contributed by atoms with Crippen LogP contribution in [-0.4, -0.2) is 30.9 Å². The minimum absolute atomic E-state index is 0.0588. The molecule has 4 rings (SSSR count). The number of carbonyl (C=O) groups is 2. The number of nitrogens with zero attached hydrogens (tertiary/aromatic N) is 1. The molecular weight excluding hydrogens is 370 g/mol. The molecule has 2 aliphatic heterocycles. The summed E-state index contributed by atoms with van der Waals surface area (Å²) in [7, 11) is 0. The maximum Gasteiger partial charge on any atom is 0.315 e. The molecule has 0 amide bonds. The highest BCUT2D eigenvalue weighted by molar-refractivity contribution is 6.09. The summed E-state index contributed by atoms with van der Waals surface area (Å²) in [6.45, 7) is 8.50. The van der Waals surface area contributed by atoms with Crippen molar-refractivity contribution in [3.05, 3.63) is 35.0 Å². The molecule has 3 aliphatic rings. The molecular formula is C23H27NO5. The van der Waals surface area contributed by atoms with E-state index in [0.29, 0.717) is 42.2 Å². The van der Waals surface area contributed by atoms with Gasteiger partial charge in [-0.15, -0.1) is 0 Å². The SMILES string of the molecule is CCCOC(=O)C1C(C)=NC2=C(C(=O)CC(C)(C)C2)[C@H]1c1ccc2c(c1)OCO2. The van der Waals surface area contributed by atoms with Crippen LogP contribution in [-0.2, 0) is 14.3 Å². The lowest BCUT2D eigenvalue weighted by molar-refractivity contribution is -0.146. The smallest absolute Gasteiger partial charge is 0.315 e. The molecule has 154 valence electrons. The molecule has 0 aromatic heterocycles. The third kappa shape index (κ3) is 3.56. The molecule has 0 N–H and O–H groups in total. The number of Topliss-reactive ketones (excluding diaryl/α,β-unsaturated/α-hetero) is 1. The number of ketones is 1. The Hall–Kier alpha value is -2.63. The first-order valence-corrected chi connectivity index (χ1v) is 10.2. The highest BCUT2D eigenvalue weighted by atomic mass is 16.7. The van der Waals surface area contributed by atoms with E-state index in [0.717, 1.165) is 17.7 Å². The predicted octanol–water partition coefficient (Wildman–Crippen LogP) is 4.19. The van der Waals surface area contributed by atoms with Crippen molar-refractivity contribution in [1.82, 2.24) is 0 Å². The molecule has 0 spiro atoms. The van der Waals surface area contributed by atoms with Gasteiger partial charge in [0.15, 0.2) is 17.3 Å². The summed E-state index contributed by atoms with van der Waals surface area (Å²) in [5, 5.41) is 0. The van der Waals surface area contributed by atoms with E-state index >= 15 is 0 Å². The number of allylic oxidation sites excluding steroid dienone is 2. The van der Waals surface area contributed by atoms with Crippen LogP contribution in [0.15, 0.2) is 34.5 Å². The van der Waals surface area contributed by atoms with Gasteiger partial charge in [0.2, 0.25) is 6.79 Å². The second kappa shape index (κ2) is 7.32. The first-order valence-electron chi connectivity index (χ1n) is 10.2. The standard InChI is InChI=1S/C23H27NO5/c1-5-8-27-22(26)19-13(2)24-15-10-23(3,4)11-16(25)21(15)20(19)14-6-7-17-18(9-14)29-12-28-17/h6-7,9,19-20H,5,8,10-12H2,1-4H3/t19?,20-/m0/s1. The van der Waals surface area contributed by atoms with E-state index < -0.39 is 11.8 Å². The number of benzene rings is 1. The summed E-state index contributed by atoms with van der Waals surface area (Å²) in [6, 6.07) is 5.63. The molecule has 0 fully saturated rings. The van der Waals surface area contributed by atoms with E-state index in [1.165, 1.54) is 0 Å². The van der Waals surface area contributed by atoms with Gasteiger partial charge in [-0.25, -0.2) is 0 Å². The molecule has 0 saturated heterocycles. The normalized spacial score (nSPS) is 24.8. The summed E-state index contributed by atoms with van der Waals surface area (Å²) in [5.74, 6) is -0.0151. The van der Waals surface area contributed by atoms with E-state index in [9.17, 15) is 9.59 Å². The third-order valence-electron chi connectivity index (χ3n) is 5.76. The molecule has 0 bridgehead atoms. The lowest BCUT2D eigenvalue weighted by Crippen LogP contribution is -2.39. The number of fused-ring (bicyclic) bond motifs is 1. The highest BCUT2D eigenvalue weighted by Crippen LogP contribution is 2.49.